The van der Waals surface area contributed by atoms with Gasteiger partial charge in [-0.05, 0) is 63.5 Å². The van der Waals surface area contributed by atoms with Crippen LogP contribution in [0.2, 0.25) is 5.15 Å². The molecule has 2 saturated heterocycles. The molecule has 3 fully saturated rings. The summed E-state index contributed by atoms with van der Waals surface area (Å²) in [6.07, 6.45) is 4.82. The first-order chi connectivity index (χ1) is 11.5. The number of aromatic nitrogens is 2. The van der Waals surface area contributed by atoms with Crippen molar-refractivity contribution < 1.29 is 4.74 Å². The SMILES string of the molecule is CC1(C)CC(N2CC3C[C@@H](Nc4ccc(Cl)nn4)C[C@@H]3C2)CCO1. The van der Waals surface area contributed by atoms with Gasteiger partial charge >= 0.3 is 0 Å². The molecule has 1 N–H and O–H groups in total. The molecule has 3 heterocycles. The van der Waals surface area contributed by atoms with Crippen LogP contribution < -0.4 is 5.32 Å². The molecule has 0 aromatic carbocycles. The summed E-state index contributed by atoms with van der Waals surface area (Å²) in [4.78, 5) is 2.73. The third-order valence-corrected chi connectivity index (χ3v) is 6.15. The summed E-state index contributed by atoms with van der Waals surface area (Å²) in [6, 6.07) is 4.93. The van der Waals surface area contributed by atoms with Crippen molar-refractivity contribution in [1.82, 2.24) is 15.1 Å². The third kappa shape index (κ3) is 3.53. The molecule has 1 aromatic heterocycles. The second-order valence-corrected chi connectivity index (χ2v) is 8.67. The van der Waals surface area contributed by atoms with Crippen LogP contribution in [-0.2, 0) is 4.74 Å². The van der Waals surface area contributed by atoms with Gasteiger partial charge in [-0.3, -0.25) is 4.90 Å². The minimum atomic E-state index is 0.0396. The number of hydrogen-bond acceptors (Lipinski definition) is 5. The van der Waals surface area contributed by atoms with Crippen molar-refractivity contribution in [3.8, 4) is 0 Å². The van der Waals surface area contributed by atoms with Crippen molar-refractivity contribution in [2.45, 2.75) is 57.2 Å². The van der Waals surface area contributed by atoms with E-state index in [9.17, 15) is 0 Å². The lowest BCUT2D eigenvalue weighted by Gasteiger charge is -2.40. The van der Waals surface area contributed by atoms with Crippen molar-refractivity contribution in [2.75, 3.05) is 25.0 Å². The summed E-state index contributed by atoms with van der Waals surface area (Å²) < 4.78 is 5.88. The highest BCUT2D eigenvalue weighted by atomic mass is 35.5. The topological polar surface area (TPSA) is 50.3 Å². The number of nitrogens with zero attached hydrogens (tertiary/aromatic N) is 3. The van der Waals surface area contributed by atoms with Crippen molar-refractivity contribution in [1.29, 1.82) is 0 Å². The van der Waals surface area contributed by atoms with E-state index in [2.05, 4.69) is 34.3 Å². The molecule has 1 aliphatic carbocycles. The van der Waals surface area contributed by atoms with Gasteiger partial charge in [-0.15, -0.1) is 10.2 Å². The van der Waals surface area contributed by atoms with Crippen molar-refractivity contribution in [2.24, 2.45) is 11.8 Å². The fourth-order valence-corrected chi connectivity index (χ4v) is 4.97. The number of rotatable bonds is 3. The number of fused-ring (bicyclic) bond motifs is 1. The standard InChI is InChI=1S/C18H27ClN4O/c1-18(2)9-15(5-6-24-18)23-10-12-7-14(8-13(12)11-23)20-17-4-3-16(19)21-22-17/h3-4,12-15H,5-11H2,1-2H3,(H,20,22)/t12-,13?,14+,15?/m1/s1. The first-order valence-corrected chi connectivity index (χ1v) is 9.50. The van der Waals surface area contributed by atoms with Crippen LogP contribution in [0.5, 0.6) is 0 Å². The van der Waals surface area contributed by atoms with Gasteiger partial charge in [0.15, 0.2) is 5.15 Å². The van der Waals surface area contributed by atoms with Gasteiger partial charge in [0, 0.05) is 31.8 Å². The number of likely N-dealkylation sites (tertiary alicyclic amines) is 1. The summed E-state index contributed by atoms with van der Waals surface area (Å²) in [5.74, 6) is 2.47. The Labute approximate surface area is 149 Å². The summed E-state index contributed by atoms with van der Waals surface area (Å²) >= 11 is 5.80. The van der Waals surface area contributed by atoms with Crippen LogP contribution in [0.1, 0.15) is 39.5 Å². The zero-order chi connectivity index (χ0) is 16.7. The van der Waals surface area contributed by atoms with Crippen LogP contribution in [0.3, 0.4) is 0 Å². The second-order valence-electron chi connectivity index (χ2n) is 8.28. The molecule has 132 valence electrons. The van der Waals surface area contributed by atoms with E-state index in [-0.39, 0.29) is 5.60 Å². The van der Waals surface area contributed by atoms with E-state index in [4.69, 9.17) is 16.3 Å². The minimum Gasteiger partial charge on any atom is -0.375 e. The number of anilines is 1. The molecule has 24 heavy (non-hydrogen) atoms. The monoisotopic (exact) mass is 350 g/mol. The van der Waals surface area contributed by atoms with E-state index < -0.39 is 0 Å². The highest BCUT2D eigenvalue weighted by Gasteiger charge is 2.44. The van der Waals surface area contributed by atoms with Crippen LogP contribution in [0.25, 0.3) is 0 Å². The first kappa shape index (κ1) is 16.6. The smallest absolute Gasteiger partial charge is 0.151 e. The van der Waals surface area contributed by atoms with Gasteiger partial charge in [-0.2, -0.15) is 0 Å². The Morgan fingerprint density at radius 1 is 1.21 bits per heavy atom. The summed E-state index contributed by atoms with van der Waals surface area (Å²) in [5, 5.41) is 12.0. The molecule has 1 saturated carbocycles. The Bertz CT molecular complexity index is 565. The lowest BCUT2D eigenvalue weighted by atomic mass is 9.93. The van der Waals surface area contributed by atoms with Gasteiger partial charge in [0.2, 0.25) is 0 Å². The summed E-state index contributed by atoms with van der Waals surface area (Å²) in [5.41, 5.74) is 0.0396. The van der Waals surface area contributed by atoms with Crippen LogP contribution in [0.4, 0.5) is 5.82 Å². The van der Waals surface area contributed by atoms with Gasteiger partial charge in [-0.25, -0.2) is 0 Å². The Hall–Kier alpha value is -0.910. The largest absolute Gasteiger partial charge is 0.375 e. The average molecular weight is 351 g/mol. The van der Waals surface area contributed by atoms with E-state index in [0.717, 1.165) is 30.7 Å². The van der Waals surface area contributed by atoms with Gasteiger partial charge in [0.1, 0.15) is 5.82 Å². The van der Waals surface area contributed by atoms with Crippen molar-refractivity contribution in [3.63, 3.8) is 0 Å². The molecule has 0 radical (unpaired) electrons. The fourth-order valence-electron chi connectivity index (χ4n) is 4.87. The molecule has 0 amide bonds. The van der Waals surface area contributed by atoms with Crippen LogP contribution in [0, 0.1) is 11.8 Å². The maximum Gasteiger partial charge on any atom is 0.151 e. The predicted octanol–water partition coefficient (Wildman–Crippen LogP) is 3.21. The first-order valence-electron chi connectivity index (χ1n) is 9.12. The van der Waals surface area contributed by atoms with Crippen molar-refractivity contribution in [3.05, 3.63) is 17.3 Å². The molecule has 6 heteroatoms. The molecule has 3 aliphatic rings. The van der Waals surface area contributed by atoms with E-state index in [0.29, 0.717) is 17.2 Å². The molecular formula is C18H27ClN4O. The zero-order valence-corrected chi connectivity index (χ0v) is 15.3. The van der Waals surface area contributed by atoms with Crippen molar-refractivity contribution >= 4 is 17.4 Å². The molecule has 4 atom stereocenters. The van der Waals surface area contributed by atoms with E-state index in [1.807, 2.05) is 6.07 Å². The molecule has 1 aromatic rings. The zero-order valence-electron chi connectivity index (χ0n) is 14.5. The molecule has 5 nitrogen and oxygen atoms in total. The van der Waals surface area contributed by atoms with Crippen LogP contribution in [0.15, 0.2) is 12.1 Å². The highest BCUT2D eigenvalue weighted by Crippen LogP contribution is 2.41. The fraction of sp³-hybridized carbons (Fsp3) is 0.778. The molecule has 0 spiro atoms. The van der Waals surface area contributed by atoms with Crippen LogP contribution in [-0.4, -0.2) is 52.5 Å². The van der Waals surface area contributed by atoms with E-state index in [1.54, 1.807) is 6.07 Å². The van der Waals surface area contributed by atoms with Gasteiger partial charge < -0.3 is 10.1 Å². The van der Waals surface area contributed by atoms with Crippen LogP contribution >= 0.6 is 11.6 Å². The molecule has 4 rings (SSSR count). The Kier molecular flexibility index (Phi) is 4.43. The second kappa shape index (κ2) is 6.43. The quantitative estimate of drug-likeness (QED) is 0.907. The number of halogens is 1. The number of nitrogens with one attached hydrogen (secondary N) is 1. The summed E-state index contributed by atoms with van der Waals surface area (Å²) in [7, 11) is 0. The highest BCUT2D eigenvalue weighted by molar-refractivity contribution is 6.29. The lowest BCUT2D eigenvalue weighted by molar-refractivity contribution is -0.0811. The van der Waals surface area contributed by atoms with Gasteiger partial charge in [0.05, 0.1) is 5.60 Å². The molecule has 2 aliphatic heterocycles. The Morgan fingerprint density at radius 2 is 1.96 bits per heavy atom. The molecular weight excluding hydrogens is 324 g/mol. The average Bonchev–Trinajstić information content (AvgIpc) is 3.07. The maximum atomic E-state index is 5.88. The number of ether oxygens (including phenoxy) is 1. The van der Waals surface area contributed by atoms with Gasteiger partial charge in [0.25, 0.3) is 0 Å². The minimum absolute atomic E-state index is 0.0396. The Balaban J connectivity index is 1.31. The molecule has 2 unspecified atom stereocenters. The molecule has 0 bridgehead atoms. The third-order valence-electron chi connectivity index (χ3n) is 5.95. The van der Waals surface area contributed by atoms with E-state index >= 15 is 0 Å². The maximum absolute atomic E-state index is 5.88. The van der Waals surface area contributed by atoms with Gasteiger partial charge in [-0.1, -0.05) is 11.6 Å². The normalized spacial score (nSPS) is 35.8. The Morgan fingerprint density at radius 3 is 2.58 bits per heavy atom. The number of hydrogen-bond donors (Lipinski definition) is 1. The van der Waals surface area contributed by atoms with E-state index in [1.165, 1.54) is 32.4 Å². The lowest BCUT2D eigenvalue weighted by Crippen LogP contribution is -2.45. The predicted molar refractivity (Wildman–Crippen MR) is 95.3 cm³/mol. The summed E-state index contributed by atoms with van der Waals surface area (Å²) in [6.45, 7) is 7.85.